The first-order valence-electron chi connectivity index (χ1n) is 6.07. The lowest BCUT2D eigenvalue weighted by Crippen LogP contribution is -2.39. The van der Waals surface area contributed by atoms with E-state index in [4.69, 9.17) is 0 Å². The summed E-state index contributed by atoms with van der Waals surface area (Å²) in [5.74, 6) is 0. The molecule has 1 aromatic heterocycles. The molecule has 0 saturated heterocycles. The maximum absolute atomic E-state index is 11.9. The number of H-pyrrole nitrogens is 1. The van der Waals surface area contributed by atoms with Crippen LogP contribution in [0, 0.1) is 0 Å². The third-order valence-corrected chi connectivity index (χ3v) is 3.34. The Kier molecular flexibility index (Phi) is 3.27. The zero-order chi connectivity index (χ0) is 11.5. The first-order chi connectivity index (χ1) is 7.72. The Labute approximate surface area is 94.3 Å². The number of nitrogens with zero attached hydrogens (tertiary/aromatic N) is 1. The maximum atomic E-state index is 11.9. The Hall–Kier alpha value is -1.32. The monoisotopic (exact) mass is 222 g/mol. The predicted molar refractivity (Wildman–Crippen MR) is 62.8 cm³/mol. The van der Waals surface area contributed by atoms with E-state index in [0.717, 1.165) is 31.4 Å². The number of hydrogen-bond donors (Lipinski definition) is 1. The number of nitrogens with one attached hydrogen (secondary N) is 1. The fourth-order valence-corrected chi connectivity index (χ4v) is 2.43. The largest absolute Gasteiger partial charge is 0.328 e. The molecule has 1 N–H and O–H groups in total. The van der Waals surface area contributed by atoms with E-state index in [-0.39, 0.29) is 17.3 Å². The lowest BCUT2D eigenvalue weighted by molar-refractivity contribution is 0.335. The Bertz CT molecular complexity index is 435. The van der Waals surface area contributed by atoms with Gasteiger partial charge in [0.15, 0.2) is 0 Å². The summed E-state index contributed by atoms with van der Waals surface area (Å²) in [6.45, 7) is 1.93. The van der Waals surface area contributed by atoms with Gasteiger partial charge in [-0.1, -0.05) is 26.2 Å². The van der Waals surface area contributed by atoms with E-state index >= 15 is 0 Å². The van der Waals surface area contributed by atoms with Crippen LogP contribution in [0.25, 0.3) is 0 Å². The third kappa shape index (κ3) is 2.10. The van der Waals surface area contributed by atoms with Gasteiger partial charge in [-0.05, 0) is 19.3 Å². The van der Waals surface area contributed by atoms with E-state index in [1.807, 2.05) is 6.92 Å². The predicted octanol–water partition coefficient (Wildman–Crippen LogP) is 1.60. The molecule has 0 unspecified atom stereocenters. The quantitative estimate of drug-likeness (QED) is 0.826. The van der Waals surface area contributed by atoms with Crippen molar-refractivity contribution in [3.63, 3.8) is 0 Å². The Morgan fingerprint density at radius 1 is 1.31 bits per heavy atom. The van der Waals surface area contributed by atoms with Gasteiger partial charge in [0, 0.05) is 17.8 Å². The summed E-state index contributed by atoms with van der Waals surface area (Å²) >= 11 is 0. The van der Waals surface area contributed by atoms with Crippen LogP contribution in [0.5, 0.6) is 0 Å². The van der Waals surface area contributed by atoms with Crippen LogP contribution >= 0.6 is 0 Å². The van der Waals surface area contributed by atoms with Gasteiger partial charge in [-0.15, -0.1) is 0 Å². The summed E-state index contributed by atoms with van der Waals surface area (Å²) in [5.41, 5.74) is 0.339. The molecule has 1 fully saturated rings. The standard InChI is InChI=1S/C12H18N2O2/c1-2-9-8-11(15)14(12(16)13-9)10-6-4-3-5-7-10/h8,10H,2-7H2,1H3,(H,13,16). The van der Waals surface area contributed by atoms with E-state index < -0.39 is 0 Å². The van der Waals surface area contributed by atoms with Crippen molar-refractivity contribution in [3.8, 4) is 0 Å². The second-order valence-electron chi connectivity index (χ2n) is 4.45. The van der Waals surface area contributed by atoms with Gasteiger partial charge in [0.05, 0.1) is 0 Å². The molecule has 0 atom stereocenters. The molecule has 88 valence electrons. The molecular formula is C12H18N2O2. The molecule has 0 aromatic carbocycles. The normalized spacial score (nSPS) is 17.6. The first-order valence-corrected chi connectivity index (χ1v) is 6.07. The van der Waals surface area contributed by atoms with Crippen LogP contribution in [0.1, 0.15) is 50.8 Å². The maximum Gasteiger partial charge on any atom is 0.328 e. The van der Waals surface area contributed by atoms with Gasteiger partial charge in [-0.3, -0.25) is 9.36 Å². The average molecular weight is 222 g/mol. The number of rotatable bonds is 2. The minimum atomic E-state index is -0.240. The molecule has 2 rings (SSSR count). The van der Waals surface area contributed by atoms with E-state index in [0.29, 0.717) is 6.42 Å². The highest BCUT2D eigenvalue weighted by Crippen LogP contribution is 2.25. The summed E-state index contributed by atoms with van der Waals surface area (Å²) < 4.78 is 1.40. The Morgan fingerprint density at radius 2 is 2.00 bits per heavy atom. The molecule has 4 heteroatoms. The van der Waals surface area contributed by atoms with Crippen LogP contribution in [-0.4, -0.2) is 9.55 Å². The SMILES string of the molecule is CCc1cc(=O)n(C2CCCCC2)c(=O)[nH]1. The number of aryl methyl sites for hydroxylation is 1. The van der Waals surface area contributed by atoms with Crippen molar-refractivity contribution in [1.29, 1.82) is 0 Å². The van der Waals surface area contributed by atoms with Gasteiger partial charge >= 0.3 is 5.69 Å². The second-order valence-corrected chi connectivity index (χ2v) is 4.45. The van der Waals surface area contributed by atoms with Crippen molar-refractivity contribution < 1.29 is 0 Å². The lowest BCUT2D eigenvalue weighted by atomic mass is 9.95. The van der Waals surface area contributed by atoms with Crippen LogP contribution < -0.4 is 11.2 Å². The van der Waals surface area contributed by atoms with Crippen molar-refractivity contribution in [2.24, 2.45) is 0 Å². The van der Waals surface area contributed by atoms with E-state index in [2.05, 4.69) is 4.98 Å². The van der Waals surface area contributed by atoms with Crippen molar-refractivity contribution in [2.75, 3.05) is 0 Å². The zero-order valence-corrected chi connectivity index (χ0v) is 9.66. The number of hydrogen-bond acceptors (Lipinski definition) is 2. The first kappa shape index (κ1) is 11.2. The summed E-state index contributed by atoms with van der Waals surface area (Å²) in [6, 6.07) is 1.66. The van der Waals surface area contributed by atoms with Crippen LogP contribution in [0.15, 0.2) is 15.7 Å². The van der Waals surface area contributed by atoms with Gasteiger partial charge in [0.2, 0.25) is 0 Å². The summed E-state index contributed by atoms with van der Waals surface area (Å²) in [6.07, 6.45) is 6.05. The van der Waals surface area contributed by atoms with E-state index in [1.54, 1.807) is 6.07 Å². The molecule has 0 spiro atoms. The molecule has 0 radical (unpaired) electrons. The number of aromatic nitrogens is 2. The van der Waals surface area contributed by atoms with Crippen LogP contribution in [0.4, 0.5) is 0 Å². The molecule has 1 aliphatic carbocycles. The minimum absolute atomic E-state index is 0.107. The minimum Gasteiger partial charge on any atom is -0.311 e. The Balaban J connectivity index is 2.40. The van der Waals surface area contributed by atoms with Crippen LogP contribution in [0.3, 0.4) is 0 Å². The topological polar surface area (TPSA) is 54.9 Å². The molecular weight excluding hydrogens is 204 g/mol. The second kappa shape index (κ2) is 4.68. The van der Waals surface area contributed by atoms with Gasteiger partial charge in [-0.25, -0.2) is 4.79 Å². The van der Waals surface area contributed by atoms with Crippen molar-refractivity contribution >= 4 is 0 Å². The van der Waals surface area contributed by atoms with Gasteiger partial charge < -0.3 is 4.98 Å². The van der Waals surface area contributed by atoms with E-state index in [9.17, 15) is 9.59 Å². The fraction of sp³-hybridized carbons (Fsp3) is 0.667. The summed E-state index contributed by atoms with van der Waals surface area (Å²) in [5, 5.41) is 0. The van der Waals surface area contributed by atoms with Crippen molar-refractivity contribution in [3.05, 3.63) is 32.6 Å². The summed E-state index contributed by atoms with van der Waals surface area (Å²) in [7, 11) is 0. The van der Waals surface area contributed by atoms with Crippen LogP contribution in [-0.2, 0) is 6.42 Å². The number of aromatic amines is 1. The zero-order valence-electron chi connectivity index (χ0n) is 9.66. The highest BCUT2D eigenvalue weighted by molar-refractivity contribution is 5.00. The van der Waals surface area contributed by atoms with Gasteiger partial charge in [0.25, 0.3) is 5.56 Å². The summed E-state index contributed by atoms with van der Waals surface area (Å²) in [4.78, 5) is 26.5. The van der Waals surface area contributed by atoms with Crippen molar-refractivity contribution in [1.82, 2.24) is 9.55 Å². The molecule has 0 bridgehead atoms. The molecule has 4 nitrogen and oxygen atoms in total. The molecule has 1 heterocycles. The van der Waals surface area contributed by atoms with E-state index in [1.165, 1.54) is 11.0 Å². The molecule has 0 amide bonds. The smallest absolute Gasteiger partial charge is 0.311 e. The van der Waals surface area contributed by atoms with Crippen LogP contribution in [0.2, 0.25) is 0 Å². The Morgan fingerprint density at radius 3 is 2.56 bits per heavy atom. The van der Waals surface area contributed by atoms with Crippen molar-refractivity contribution in [2.45, 2.75) is 51.5 Å². The fourth-order valence-electron chi connectivity index (χ4n) is 2.43. The van der Waals surface area contributed by atoms with Gasteiger partial charge in [-0.2, -0.15) is 0 Å². The average Bonchev–Trinajstić information content (AvgIpc) is 2.29. The highest BCUT2D eigenvalue weighted by atomic mass is 16.2. The lowest BCUT2D eigenvalue weighted by Gasteiger charge is -2.22. The third-order valence-electron chi connectivity index (χ3n) is 3.34. The molecule has 16 heavy (non-hydrogen) atoms. The molecule has 1 aromatic rings. The van der Waals surface area contributed by atoms with Gasteiger partial charge in [0.1, 0.15) is 0 Å². The molecule has 0 aliphatic heterocycles. The molecule has 1 aliphatic rings. The highest BCUT2D eigenvalue weighted by Gasteiger charge is 2.18. The molecule has 1 saturated carbocycles.